The Morgan fingerprint density at radius 2 is 1.14 bits per heavy atom. The Kier molecular flexibility index (Phi) is 13.1. The van der Waals surface area contributed by atoms with Crippen LogP contribution in [0.2, 0.25) is 0 Å². The fourth-order valence-electron chi connectivity index (χ4n) is 3.74. The van der Waals surface area contributed by atoms with Crippen LogP contribution in [0.4, 0.5) is 0 Å². The highest BCUT2D eigenvalue weighted by molar-refractivity contribution is 5.66. The van der Waals surface area contributed by atoms with Gasteiger partial charge in [-0.15, -0.1) is 0 Å². The zero-order chi connectivity index (χ0) is 20.6. The van der Waals surface area contributed by atoms with Crippen molar-refractivity contribution >= 4 is 11.9 Å². The monoisotopic (exact) mass is 390 g/mol. The number of benzene rings is 1. The molecule has 1 aromatic carbocycles. The van der Waals surface area contributed by atoms with Crippen molar-refractivity contribution in [1.82, 2.24) is 0 Å². The molecule has 28 heavy (non-hydrogen) atoms. The summed E-state index contributed by atoms with van der Waals surface area (Å²) >= 11 is 0. The van der Waals surface area contributed by atoms with E-state index in [-0.39, 0.29) is 12.8 Å². The summed E-state index contributed by atoms with van der Waals surface area (Å²) in [6, 6.07) is 6.51. The zero-order valence-corrected chi connectivity index (χ0v) is 17.5. The number of carboxylic acid groups (broad SMARTS) is 2. The first kappa shape index (κ1) is 24.2. The maximum atomic E-state index is 10.8. The standard InChI is InChI=1S/C24H38O4/c1-2-3-4-5-6-7-13-20-15-12-16-21(14-8-10-18-23(25)26)22(20)17-9-11-19-24(27)28/h12,15-16H,2-11,13-14,17-19H2,1H3,(H,25,26)(H,27,28). The fraction of sp³-hybridized carbons (Fsp3) is 0.667. The molecular formula is C24H38O4. The Hall–Kier alpha value is -1.84. The minimum atomic E-state index is -0.731. The van der Waals surface area contributed by atoms with Gasteiger partial charge in [0.2, 0.25) is 0 Å². The Balaban J connectivity index is 2.65. The largest absolute Gasteiger partial charge is 0.481 e. The molecule has 0 aliphatic heterocycles. The Bertz CT molecular complexity index is 580. The Morgan fingerprint density at radius 3 is 1.68 bits per heavy atom. The third-order valence-electron chi connectivity index (χ3n) is 5.32. The molecule has 4 nitrogen and oxygen atoms in total. The molecule has 0 aliphatic carbocycles. The molecule has 2 N–H and O–H groups in total. The summed E-state index contributed by atoms with van der Waals surface area (Å²) in [5, 5.41) is 17.7. The average Bonchev–Trinajstić information content (AvgIpc) is 2.66. The van der Waals surface area contributed by atoms with Gasteiger partial charge in [-0.2, -0.15) is 0 Å². The van der Waals surface area contributed by atoms with Crippen LogP contribution in [0.1, 0.15) is 101 Å². The van der Waals surface area contributed by atoms with Gasteiger partial charge in [0.05, 0.1) is 0 Å². The summed E-state index contributed by atoms with van der Waals surface area (Å²) in [6.45, 7) is 2.23. The van der Waals surface area contributed by atoms with Crippen LogP contribution in [0, 0.1) is 0 Å². The van der Waals surface area contributed by atoms with E-state index in [0.717, 1.165) is 32.1 Å². The molecule has 0 unspecified atom stereocenters. The van der Waals surface area contributed by atoms with Crippen LogP contribution in [-0.2, 0) is 28.9 Å². The van der Waals surface area contributed by atoms with Gasteiger partial charge >= 0.3 is 11.9 Å². The number of aliphatic carboxylic acids is 2. The van der Waals surface area contributed by atoms with Gasteiger partial charge in [-0.1, -0.05) is 57.2 Å². The smallest absolute Gasteiger partial charge is 0.303 e. The lowest BCUT2D eigenvalue weighted by molar-refractivity contribution is -0.138. The molecule has 0 radical (unpaired) electrons. The molecule has 1 aromatic rings. The SMILES string of the molecule is CCCCCCCCc1cccc(CCCCC(=O)O)c1CCCCC(=O)O. The van der Waals surface area contributed by atoms with Gasteiger partial charge in [0.25, 0.3) is 0 Å². The molecule has 1 rings (SSSR count). The van der Waals surface area contributed by atoms with Crippen molar-refractivity contribution in [1.29, 1.82) is 0 Å². The van der Waals surface area contributed by atoms with E-state index in [9.17, 15) is 9.59 Å². The fourth-order valence-corrected chi connectivity index (χ4v) is 3.74. The van der Waals surface area contributed by atoms with Crippen LogP contribution >= 0.6 is 0 Å². The van der Waals surface area contributed by atoms with Crippen molar-refractivity contribution in [3.8, 4) is 0 Å². The number of unbranched alkanes of at least 4 members (excludes halogenated alkanes) is 7. The first-order chi connectivity index (χ1) is 13.5. The normalized spacial score (nSPS) is 10.9. The van der Waals surface area contributed by atoms with Crippen LogP contribution in [0.15, 0.2) is 18.2 Å². The van der Waals surface area contributed by atoms with Crippen LogP contribution in [0.3, 0.4) is 0 Å². The maximum absolute atomic E-state index is 10.8. The van der Waals surface area contributed by atoms with Gasteiger partial charge in [0, 0.05) is 12.8 Å². The second-order valence-electron chi connectivity index (χ2n) is 7.77. The molecule has 0 amide bonds. The highest BCUT2D eigenvalue weighted by atomic mass is 16.4. The van der Waals surface area contributed by atoms with Crippen LogP contribution in [-0.4, -0.2) is 22.2 Å². The van der Waals surface area contributed by atoms with E-state index in [2.05, 4.69) is 25.1 Å². The van der Waals surface area contributed by atoms with Gasteiger partial charge in [0.15, 0.2) is 0 Å². The summed E-state index contributed by atoms with van der Waals surface area (Å²) in [6.07, 6.45) is 14.2. The number of carbonyl (C=O) groups is 2. The molecule has 0 atom stereocenters. The van der Waals surface area contributed by atoms with Gasteiger partial charge < -0.3 is 10.2 Å². The summed E-state index contributed by atoms with van der Waals surface area (Å²) in [5.74, 6) is -1.46. The summed E-state index contributed by atoms with van der Waals surface area (Å²) < 4.78 is 0. The van der Waals surface area contributed by atoms with E-state index >= 15 is 0 Å². The number of aryl methyl sites for hydroxylation is 2. The van der Waals surface area contributed by atoms with E-state index < -0.39 is 11.9 Å². The first-order valence-electron chi connectivity index (χ1n) is 11.1. The van der Waals surface area contributed by atoms with E-state index in [4.69, 9.17) is 10.2 Å². The quantitative estimate of drug-likeness (QED) is 0.311. The molecule has 0 spiro atoms. The van der Waals surface area contributed by atoms with Crippen molar-refractivity contribution in [3.05, 3.63) is 34.9 Å². The van der Waals surface area contributed by atoms with E-state index in [1.165, 1.54) is 55.2 Å². The molecule has 0 fully saturated rings. The number of hydrogen-bond acceptors (Lipinski definition) is 2. The van der Waals surface area contributed by atoms with E-state index in [0.29, 0.717) is 12.8 Å². The van der Waals surface area contributed by atoms with Gasteiger partial charge in [0.1, 0.15) is 0 Å². The topological polar surface area (TPSA) is 74.6 Å². The second kappa shape index (κ2) is 15.1. The van der Waals surface area contributed by atoms with Gasteiger partial charge in [-0.3, -0.25) is 9.59 Å². The highest BCUT2D eigenvalue weighted by Gasteiger charge is 2.10. The molecule has 0 heterocycles. The molecular weight excluding hydrogens is 352 g/mol. The summed E-state index contributed by atoms with van der Waals surface area (Å²) in [5.41, 5.74) is 4.11. The Morgan fingerprint density at radius 1 is 0.679 bits per heavy atom. The predicted octanol–water partition coefficient (Wildman–Crippen LogP) is 6.18. The molecule has 0 saturated carbocycles. The number of carboxylic acids is 2. The molecule has 0 saturated heterocycles. The Labute approximate surface area is 170 Å². The van der Waals surface area contributed by atoms with Crippen LogP contribution in [0.5, 0.6) is 0 Å². The lowest BCUT2D eigenvalue weighted by Crippen LogP contribution is -2.03. The van der Waals surface area contributed by atoms with Gasteiger partial charge in [-0.05, 0) is 68.1 Å². The number of hydrogen-bond donors (Lipinski definition) is 2. The van der Waals surface area contributed by atoms with Crippen molar-refractivity contribution in [2.75, 3.05) is 0 Å². The molecule has 0 aliphatic rings. The van der Waals surface area contributed by atoms with Crippen LogP contribution in [0.25, 0.3) is 0 Å². The van der Waals surface area contributed by atoms with Crippen molar-refractivity contribution in [2.24, 2.45) is 0 Å². The van der Waals surface area contributed by atoms with Crippen LogP contribution < -0.4 is 0 Å². The lowest BCUT2D eigenvalue weighted by Gasteiger charge is -2.15. The van der Waals surface area contributed by atoms with Crippen molar-refractivity contribution in [2.45, 2.75) is 103 Å². The second-order valence-corrected chi connectivity index (χ2v) is 7.77. The number of rotatable bonds is 17. The van der Waals surface area contributed by atoms with Crippen molar-refractivity contribution < 1.29 is 19.8 Å². The van der Waals surface area contributed by atoms with E-state index in [1.807, 2.05) is 0 Å². The van der Waals surface area contributed by atoms with Gasteiger partial charge in [-0.25, -0.2) is 0 Å². The molecule has 0 aromatic heterocycles. The average molecular weight is 391 g/mol. The molecule has 0 bridgehead atoms. The highest BCUT2D eigenvalue weighted by Crippen LogP contribution is 2.23. The summed E-state index contributed by atoms with van der Waals surface area (Å²) in [7, 11) is 0. The zero-order valence-electron chi connectivity index (χ0n) is 17.5. The molecule has 4 heteroatoms. The summed E-state index contributed by atoms with van der Waals surface area (Å²) in [4.78, 5) is 21.5. The minimum absolute atomic E-state index is 0.228. The predicted molar refractivity (Wildman–Crippen MR) is 114 cm³/mol. The van der Waals surface area contributed by atoms with E-state index in [1.54, 1.807) is 0 Å². The maximum Gasteiger partial charge on any atom is 0.303 e. The first-order valence-corrected chi connectivity index (χ1v) is 11.1. The third-order valence-corrected chi connectivity index (χ3v) is 5.32. The lowest BCUT2D eigenvalue weighted by atomic mass is 9.90. The third kappa shape index (κ3) is 11.1. The minimum Gasteiger partial charge on any atom is -0.481 e. The van der Waals surface area contributed by atoms with Crippen molar-refractivity contribution in [3.63, 3.8) is 0 Å². The molecule has 158 valence electrons.